The van der Waals surface area contributed by atoms with Crippen LogP contribution in [-0.4, -0.2) is 24.7 Å². The van der Waals surface area contributed by atoms with Crippen LogP contribution < -0.4 is 4.72 Å². The molecule has 104 valence electrons. The van der Waals surface area contributed by atoms with E-state index < -0.39 is 0 Å². The number of nitrogens with zero attached hydrogens (tertiary/aromatic N) is 4. The molecule has 0 aliphatic carbocycles. The van der Waals surface area contributed by atoms with Gasteiger partial charge >= 0.3 is 0 Å². The lowest BCUT2D eigenvalue weighted by atomic mass is 10.1. The van der Waals surface area contributed by atoms with Gasteiger partial charge in [-0.3, -0.25) is 9.29 Å². The molecular formula is C14H12N6S. The molecule has 2 aliphatic rings. The van der Waals surface area contributed by atoms with Gasteiger partial charge in [-0.15, -0.1) is 0 Å². The van der Waals surface area contributed by atoms with Crippen LogP contribution in [0.5, 0.6) is 0 Å². The van der Waals surface area contributed by atoms with Gasteiger partial charge in [-0.05, 0) is 31.2 Å². The van der Waals surface area contributed by atoms with E-state index in [9.17, 15) is 0 Å². The average molecular weight is 296 g/mol. The SMILES string of the molecule is Cc1cccc(-c2n[nH]nc2C2=CC3=CNSN3C=C2)n1. The van der Waals surface area contributed by atoms with Gasteiger partial charge in [0.25, 0.3) is 0 Å². The summed E-state index contributed by atoms with van der Waals surface area (Å²) in [6.07, 6.45) is 8.06. The fourth-order valence-corrected chi connectivity index (χ4v) is 2.89. The fourth-order valence-electron chi connectivity index (χ4n) is 2.27. The van der Waals surface area contributed by atoms with Crippen LogP contribution in [0.15, 0.2) is 48.4 Å². The van der Waals surface area contributed by atoms with Crippen LogP contribution in [0.4, 0.5) is 0 Å². The summed E-state index contributed by atoms with van der Waals surface area (Å²) in [7, 11) is 0. The van der Waals surface area contributed by atoms with Crippen LogP contribution in [0.3, 0.4) is 0 Å². The van der Waals surface area contributed by atoms with Gasteiger partial charge in [-0.1, -0.05) is 6.07 Å². The van der Waals surface area contributed by atoms with Gasteiger partial charge in [0.1, 0.15) is 11.4 Å². The zero-order chi connectivity index (χ0) is 14.2. The summed E-state index contributed by atoms with van der Waals surface area (Å²) in [6, 6.07) is 5.89. The Morgan fingerprint density at radius 2 is 2.10 bits per heavy atom. The third kappa shape index (κ3) is 2.11. The number of aryl methyl sites for hydroxylation is 1. The van der Waals surface area contributed by atoms with Crippen molar-refractivity contribution in [2.45, 2.75) is 6.92 Å². The molecule has 2 aliphatic heterocycles. The maximum Gasteiger partial charge on any atom is 0.139 e. The molecule has 4 heterocycles. The van der Waals surface area contributed by atoms with Crippen molar-refractivity contribution in [2.24, 2.45) is 0 Å². The molecular weight excluding hydrogens is 284 g/mol. The van der Waals surface area contributed by atoms with Crippen LogP contribution in [0.25, 0.3) is 17.0 Å². The molecule has 0 bridgehead atoms. The Kier molecular flexibility index (Phi) is 2.78. The fraction of sp³-hybridized carbons (Fsp3) is 0.0714. The second-order valence-electron chi connectivity index (χ2n) is 4.70. The molecule has 0 saturated heterocycles. The number of allylic oxidation sites excluding steroid dienone is 3. The van der Waals surface area contributed by atoms with Crippen molar-refractivity contribution in [2.75, 3.05) is 0 Å². The molecule has 0 amide bonds. The average Bonchev–Trinajstić information content (AvgIpc) is 3.15. The quantitative estimate of drug-likeness (QED) is 0.829. The first kappa shape index (κ1) is 12.2. The van der Waals surface area contributed by atoms with Crippen molar-refractivity contribution in [3.63, 3.8) is 0 Å². The monoisotopic (exact) mass is 296 g/mol. The van der Waals surface area contributed by atoms with Gasteiger partial charge in [0, 0.05) is 23.7 Å². The van der Waals surface area contributed by atoms with Crippen LogP contribution in [0, 0.1) is 6.92 Å². The molecule has 0 atom stereocenters. The summed E-state index contributed by atoms with van der Waals surface area (Å²) in [5, 5.41) is 11.3. The van der Waals surface area contributed by atoms with E-state index in [1.54, 1.807) is 0 Å². The van der Waals surface area contributed by atoms with Crippen LogP contribution >= 0.6 is 12.1 Å². The molecule has 2 N–H and O–H groups in total. The van der Waals surface area contributed by atoms with E-state index in [1.165, 1.54) is 12.1 Å². The van der Waals surface area contributed by atoms with E-state index in [4.69, 9.17) is 0 Å². The third-order valence-corrected chi connectivity index (χ3v) is 4.01. The van der Waals surface area contributed by atoms with E-state index in [1.807, 2.05) is 47.9 Å². The van der Waals surface area contributed by atoms with Crippen LogP contribution in [-0.2, 0) is 0 Å². The van der Waals surface area contributed by atoms with Crippen molar-refractivity contribution in [3.05, 3.63) is 59.8 Å². The molecule has 0 fully saturated rings. The second-order valence-corrected chi connectivity index (χ2v) is 5.52. The zero-order valence-corrected chi connectivity index (χ0v) is 12.1. The van der Waals surface area contributed by atoms with Gasteiger partial charge in [0.2, 0.25) is 0 Å². The summed E-state index contributed by atoms with van der Waals surface area (Å²) in [6.45, 7) is 1.97. The Labute approximate surface area is 125 Å². The highest BCUT2D eigenvalue weighted by Crippen LogP contribution is 2.33. The smallest absolute Gasteiger partial charge is 0.139 e. The first-order valence-corrected chi connectivity index (χ1v) is 7.25. The number of hydrogen-bond acceptors (Lipinski definition) is 6. The molecule has 21 heavy (non-hydrogen) atoms. The Hall–Kier alpha value is -2.54. The normalized spacial score (nSPS) is 16.3. The van der Waals surface area contributed by atoms with Gasteiger partial charge in [0.05, 0.1) is 23.5 Å². The lowest BCUT2D eigenvalue weighted by Gasteiger charge is -2.16. The van der Waals surface area contributed by atoms with Gasteiger partial charge < -0.3 is 4.72 Å². The van der Waals surface area contributed by atoms with E-state index in [0.717, 1.165) is 34.0 Å². The first-order chi connectivity index (χ1) is 10.3. The molecule has 6 nitrogen and oxygen atoms in total. The molecule has 0 aromatic carbocycles. The maximum absolute atomic E-state index is 4.52. The highest BCUT2D eigenvalue weighted by atomic mass is 32.2. The third-order valence-electron chi connectivity index (χ3n) is 3.26. The summed E-state index contributed by atoms with van der Waals surface area (Å²) < 4.78 is 5.16. The standard InChI is InChI=1S/C14H12N6S/c1-9-3-2-4-12(16-9)14-13(17-19-18-14)10-5-6-20-11(7-10)8-15-21-20/h2-8,15H,1H3,(H,17,18,19). The predicted octanol–water partition coefficient (Wildman–Crippen LogP) is 2.40. The minimum Gasteiger partial charge on any atom is -0.316 e. The largest absolute Gasteiger partial charge is 0.316 e. The minimum atomic E-state index is 0.766. The van der Waals surface area contributed by atoms with E-state index in [-0.39, 0.29) is 0 Å². The van der Waals surface area contributed by atoms with Crippen molar-refractivity contribution in [1.29, 1.82) is 0 Å². The number of pyridine rings is 1. The number of hydrogen-bond donors (Lipinski definition) is 2. The number of nitrogens with one attached hydrogen (secondary N) is 2. The highest BCUT2D eigenvalue weighted by molar-refractivity contribution is 7.95. The molecule has 2 aromatic heterocycles. The number of rotatable bonds is 2. The predicted molar refractivity (Wildman–Crippen MR) is 82.1 cm³/mol. The number of aromatic amines is 1. The Morgan fingerprint density at radius 3 is 3.00 bits per heavy atom. The summed E-state index contributed by atoms with van der Waals surface area (Å²) in [4.78, 5) is 4.52. The molecule has 7 heteroatoms. The lowest BCUT2D eigenvalue weighted by Crippen LogP contribution is -2.06. The van der Waals surface area contributed by atoms with E-state index >= 15 is 0 Å². The Balaban J connectivity index is 1.78. The summed E-state index contributed by atoms with van der Waals surface area (Å²) >= 11 is 1.53. The van der Waals surface area contributed by atoms with Gasteiger partial charge in [-0.25, -0.2) is 0 Å². The van der Waals surface area contributed by atoms with Crippen molar-refractivity contribution in [3.8, 4) is 11.4 Å². The van der Waals surface area contributed by atoms with Gasteiger partial charge in [0.15, 0.2) is 0 Å². The number of fused-ring (bicyclic) bond motifs is 1. The lowest BCUT2D eigenvalue weighted by molar-refractivity contribution is 0.808. The van der Waals surface area contributed by atoms with Crippen molar-refractivity contribution in [1.82, 2.24) is 29.4 Å². The second kappa shape index (κ2) is 4.78. The topological polar surface area (TPSA) is 69.7 Å². The van der Waals surface area contributed by atoms with E-state index in [0.29, 0.717) is 0 Å². The Morgan fingerprint density at radius 1 is 1.19 bits per heavy atom. The summed E-state index contributed by atoms with van der Waals surface area (Å²) in [5.41, 5.74) is 5.45. The highest BCUT2D eigenvalue weighted by Gasteiger charge is 2.20. The van der Waals surface area contributed by atoms with Gasteiger partial charge in [-0.2, -0.15) is 15.4 Å². The molecule has 4 rings (SSSR count). The van der Waals surface area contributed by atoms with Crippen LogP contribution in [0.1, 0.15) is 11.4 Å². The van der Waals surface area contributed by atoms with Crippen molar-refractivity contribution < 1.29 is 0 Å². The minimum absolute atomic E-state index is 0.766. The van der Waals surface area contributed by atoms with Crippen LogP contribution in [0.2, 0.25) is 0 Å². The molecule has 0 radical (unpaired) electrons. The molecule has 0 unspecified atom stereocenters. The Bertz CT molecular complexity index is 788. The molecule has 0 spiro atoms. The maximum atomic E-state index is 4.52. The number of aromatic nitrogens is 4. The zero-order valence-electron chi connectivity index (χ0n) is 11.2. The van der Waals surface area contributed by atoms with Crippen molar-refractivity contribution >= 4 is 17.7 Å². The molecule has 0 saturated carbocycles. The first-order valence-electron chi connectivity index (χ1n) is 6.48. The van der Waals surface area contributed by atoms with E-state index in [2.05, 4.69) is 31.2 Å². The molecule has 2 aromatic rings. The number of H-pyrrole nitrogens is 1. The summed E-state index contributed by atoms with van der Waals surface area (Å²) in [5.74, 6) is 0.